The van der Waals surface area contributed by atoms with E-state index >= 15 is 0 Å². The van der Waals surface area contributed by atoms with Crippen molar-refractivity contribution in [3.05, 3.63) is 48.0 Å². The fourth-order valence-corrected chi connectivity index (χ4v) is 3.74. The summed E-state index contributed by atoms with van der Waals surface area (Å²) in [5.74, 6) is 0. The highest BCUT2D eigenvalue weighted by Crippen LogP contribution is 2.35. The van der Waals surface area contributed by atoms with Gasteiger partial charge in [0.1, 0.15) is 0 Å². The third-order valence-corrected chi connectivity index (χ3v) is 5.73. The van der Waals surface area contributed by atoms with Crippen molar-refractivity contribution >= 4 is 0 Å². The lowest BCUT2D eigenvalue weighted by Crippen LogP contribution is -2.45. The molecule has 0 spiro atoms. The van der Waals surface area contributed by atoms with Crippen LogP contribution in [0.5, 0.6) is 0 Å². The zero-order valence-corrected chi connectivity index (χ0v) is 14.1. The van der Waals surface area contributed by atoms with Crippen molar-refractivity contribution in [1.82, 2.24) is 5.32 Å². The van der Waals surface area contributed by atoms with Gasteiger partial charge >= 0.3 is 0 Å². The summed E-state index contributed by atoms with van der Waals surface area (Å²) in [5.41, 5.74) is 1.55. The monoisotopic (exact) mass is 315 g/mol. The van der Waals surface area contributed by atoms with Gasteiger partial charge in [-0.05, 0) is 31.2 Å². The second kappa shape index (κ2) is 7.16. The van der Waals surface area contributed by atoms with Gasteiger partial charge < -0.3 is 15.2 Å². The molecule has 2 aliphatic rings. The molecule has 1 saturated heterocycles. The van der Waals surface area contributed by atoms with E-state index in [9.17, 15) is 5.11 Å². The van der Waals surface area contributed by atoms with Crippen LogP contribution < -0.4 is 5.32 Å². The van der Waals surface area contributed by atoms with Crippen LogP contribution in [0.25, 0.3) is 0 Å². The molecule has 0 saturated carbocycles. The third-order valence-electron chi connectivity index (χ3n) is 5.73. The summed E-state index contributed by atoms with van der Waals surface area (Å²) >= 11 is 0. The highest BCUT2D eigenvalue weighted by molar-refractivity contribution is 5.31. The van der Waals surface area contributed by atoms with E-state index in [1.165, 1.54) is 5.56 Å². The lowest BCUT2D eigenvalue weighted by molar-refractivity contribution is -0.0161. The predicted molar refractivity (Wildman–Crippen MR) is 93.5 cm³/mol. The van der Waals surface area contributed by atoms with E-state index in [-0.39, 0.29) is 17.4 Å². The first-order valence-electron chi connectivity index (χ1n) is 8.83. The molecule has 1 aromatic rings. The molecular formula is C20H29NO2. The van der Waals surface area contributed by atoms with E-state index in [0.717, 1.165) is 45.4 Å². The molecule has 0 bridgehead atoms. The molecule has 1 heterocycles. The van der Waals surface area contributed by atoms with Crippen molar-refractivity contribution in [3.8, 4) is 0 Å². The molecule has 1 aliphatic carbocycles. The summed E-state index contributed by atoms with van der Waals surface area (Å²) in [7, 11) is 0. The lowest BCUT2D eigenvalue weighted by Gasteiger charge is -2.38. The number of aliphatic hydroxyl groups excluding tert-OH is 1. The Morgan fingerprint density at radius 1 is 1.17 bits per heavy atom. The number of benzene rings is 1. The number of hydrogen-bond acceptors (Lipinski definition) is 3. The summed E-state index contributed by atoms with van der Waals surface area (Å²) in [5, 5.41) is 13.5. The number of aliphatic hydroxyl groups is 1. The van der Waals surface area contributed by atoms with Crippen LogP contribution in [0.1, 0.15) is 38.2 Å². The maximum Gasteiger partial charge on any atom is 0.0501 e. The summed E-state index contributed by atoms with van der Waals surface area (Å²) in [4.78, 5) is 0. The normalized spacial score (nSPS) is 30.3. The maximum absolute atomic E-state index is 9.79. The number of hydrogen-bond donors (Lipinski definition) is 2. The SMILES string of the molecule is CC1(c2ccccc2)C=CC(NCC2(CO)CCOCC2)CC1. The topological polar surface area (TPSA) is 41.5 Å². The minimum absolute atomic E-state index is 0.00622. The summed E-state index contributed by atoms with van der Waals surface area (Å²) in [6.45, 7) is 5.00. The van der Waals surface area contributed by atoms with Crippen molar-refractivity contribution in [2.75, 3.05) is 26.4 Å². The van der Waals surface area contributed by atoms with Gasteiger partial charge in [-0.15, -0.1) is 0 Å². The number of nitrogens with one attached hydrogen (secondary N) is 1. The second-order valence-corrected chi connectivity index (χ2v) is 7.44. The highest BCUT2D eigenvalue weighted by Gasteiger charge is 2.33. The third kappa shape index (κ3) is 3.85. The van der Waals surface area contributed by atoms with Gasteiger partial charge in [0.15, 0.2) is 0 Å². The van der Waals surface area contributed by atoms with E-state index in [1.54, 1.807) is 0 Å². The van der Waals surface area contributed by atoms with E-state index in [4.69, 9.17) is 4.74 Å². The van der Waals surface area contributed by atoms with Crippen LogP contribution >= 0.6 is 0 Å². The van der Waals surface area contributed by atoms with Gasteiger partial charge in [0.2, 0.25) is 0 Å². The largest absolute Gasteiger partial charge is 0.396 e. The Labute approximate surface area is 139 Å². The number of allylic oxidation sites excluding steroid dienone is 1. The molecule has 3 nitrogen and oxygen atoms in total. The van der Waals surface area contributed by atoms with Crippen LogP contribution in [-0.2, 0) is 10.2 Å². The number of ether oxygens (including phenoxy) is 1. The molecule has 23 heavy (non-hydrogen) atoms. The van der Waals surface area contributed by atoms with Gasteiger partial charge in [-0.3, -0.25) is 0 Å². The fraction of sp³-hybridized carbons (Fsp3) is 0.600. The average Bonchev–Trinajstić information content (AvgIpc) is 2.63. The van der Waals surface area contributed by atoms with Gasteiger partial charge in [0, 0.05) is 36.6 Å². The molecule has 1 aromatic carbocycles. The average molecular weight is 315 g/mol. The molecular weight excluding hydrogens is 286 g/mol. The molecule has 3 rings (SSSR count). The van der Waals surface area contributed by atoms with Crippen LogP contribution in [0.15, 0.2) is 42.5 Å². The fourth-order valence-electron chi connectivity index (χ4n) is 3.74. The van der Waals surface area contributed by atoms with Crippen molar-refractivity contribution in [3.63, 3.8) is 0 Å². The Morgan fingerprint density at radius 3 is 2.52 bits per heavy atom. The highest BCUT2D eigenvalue weighted by atomic mass is 16.5. The Hall–Kier alpha value is -1.16. The first-order chi connectivity index (χ1) is 11.2. The van der Waals surface area contributed by atoms with Gasteiger partial charge in [-0.2, -0.15) is 0 Å². The summed E-state index contributed by atoms with van der Waals surface area (Å²) in [6, 6.07) is 11.2. The smallest absolute Gasteiger partial charge is 0.0501 e. The lowest BCUT2D eigenvalue weighted by atomic mass is 9.74. The molecule has 2 unspecified atom stereocenters. The molecule has 126 valence electrons. The quantitative estimate of drug-likeness (QED) is 0.821. The van der Waals surface area contributed by atoms with Crippen LogP contribution in [0.3, 0.4) is 0 Å². The summed E-state index contributed by atoms with van der Waals surface area (Å²) < 4.78 is 5.44. The molecule has 0 radical (unpaired) electrons. The van der Waals surface area contributed by atoms with E-state index in [1.807, 2.05) is 0 Å². The molecule has 0 amide bonds. The second-order valence-electron chi connectivity index (χ2n) is 7.44. The maximum atomic E-state index is 9.79. The minimum atomic E-state index is 0.00622. The Balaban J connectivity index is 1.58. The molecule has 1 fully saturated rings. The van der Waals surface area contributed by atoms with Gasteiger partial charge in [0.05, 0.1) is 6.61 Å². The van der Waals surface area contributed by atoms with Gasteiger partial charge in [0.25, 0.3) is 0 Å². The van der Waals surface area contributed by atoms with E-state index < -0.39 is 0 Å². The molecule has 1 aliphatic heterocycles. The van der Waals surface area contributed by atoms with Crippen LogP contribution in [0.4, 0.5) is 0 Å². The van der Waals surface area contributed by atoms with Gasteiger partial charge in [-0.1, -0.05) is 49.4 Å². The molecule has 0 aromatic heterocycles. The first-order valence-corrected chi connectivity index (χ1v) is 8.83. The van der Waals surface area contributed by atoms with Crippen LogP contribution in [0.2, 0.25) is 0 Å². The van der Waals surface area contributed by atoms with Crippen LogP contribution in [0, 0.1) is 5.41 Å². The molecule has 2 atom stereocenters. The van der Waals surface area contributed by atoms with Gasteiger partial charge in [-0.25, -0.2) is 0 Å². The zero-order valence-electron chi connectivity index (χ0n) is 14.1. The Bertz CT molecular complexity index is 522. The van der Waals surface area contributed by atoms with Crippen molar-refractivity contribution in [1.29, 1.82) is 0 Å². The van der Waals surface area contributed by atoms with E-state index in [0.29, 0.717) is 6.04 Å². The predicted octanol–water partition coefficient (Wildman–Crippen LogP) is 3.04. The molecule has 3 heteroatoms. The Morgan fingerprint density at radius 2 is 1.91 bits per heavy atom. The molecule has 2 N–H and O–H groups in total. The van der Waals surface area contributed by atoms with Crippen molar-refractivity contribution in [2.45, 2.75) is 44.1 Å². The first kappa shape index (κ1) is 16.7. The van der Waals surface area contributed by atoms with Crippen LogP contribution in [-0.4, -0.2) is 37.5 Å². The van der Waals surface area contributed by atoms with Crippen molar-refractivity contribution in [2.24, 2.45) is 5.41 Å². The zero-order chi connectivity index (χ0) is 16.2. The van der Waals surface area contributed by atoms with E-state index in [2.05, 4.69) is 54.7 Å². The minimum Gasteiger partial charge on any atom is -0.396 e. The number of rotatable bonds is 5. The summed E-state index contributed by atoms with van der Waals surface area (Å²) in [6.07, 6.45) is 8.88. The van der Waals surface area contributed by atoms with Crippen molar-refractivity contribution < 1.29 is 9.84 Å². The Kier molecular flexibility index (Phi) is 5.20. The standard InChI is InChI=1S/C20H29NO2/c1-19(17-5-3-2-4-6-17)9-7-18(8-10-19)21-15-20(16-22)11-13-23-14-12-20/h2-7,9,18,21-22H,8,10-16H2,1H3.